The van der Waals surface area contributed by atoms with Gasteiger partial charge in [-0.15, -0.1) is 0 Å². The van der Waals surface area contributed by atoms with E-state index in [1.165, 1.54) is 6.20 Å². The van der Waals surface area contributed by atoms with Gasteiger partial charge in [-0.1, -0.05) is 24.3 Å². The van der Waals surface area contributed by atoms with Crippen molar-refractivity contribution in [2.24, 2.45) is 0 Å². The molecule has 1 fully saturated rings. The van der Waals surface area contributed by atoms with Crippen molar-refractivity contribution in [1.29, 1.82) is 0 Å². The maximum absolute atomic E-state index is 11.5. The summed E-state index contributed by atoms with van der Waals surface area (Å²) in [5.41, 5.74) is 0.152. The maximum Gasteiger partial charge on any atom is 0.337 e. The average molecular weight is 306 g/mol. The quantitative estimate of drug-likeness (QED) is 0.896. The van der Waals surface area contributed by atoms with Crippen molar-refractivity contribution in [3.63, 3.8) is 0 Å². The van der Waals surface area contributed by atoms with Crippen LogP contribution < -0.4 is 4.90 Å². The topological polar surface area (TPSA) is 87.6 Å². The van der Waals surface area contributed by atoms with E-state index in [0.29, 0.717) is 24.3 Å². The molecule has 6 nitrogen and oxygen atoms in total. The van der Waals surface area contributed by atoms with Crippen molar-refractivity contribution in [3.05, 3.63) is 36.0 Å². The Morgan fingerprint density at radius 3 is 2.38 bits per heavy atom. The standard InChI is InChI=1S/C14H14N2O4S/c17-14(18)12-9-15-13(11-4-2-1-3-10(11)12)16-5-7-21(19,20)8-6-16/h1-4,9H,5-8H2,(H,17,18). The first-order valence-electron chi connectivity index (χ1n) is 6.54. The van der Waals surface area contributed by atoms with E-state index in [4.69, 9.17) is 0 Å². The Labute approximate surface area is 121 Å². The molecule has 21 heavy (non-hydrogen) atoms. The molecule has 0 amide bonds. The molecule has 3 rings (SSSR count). The van der Waals surface area contributed by atoms with E-state index >= 15 is 0 Å². The van der Waals surface area contributed by atoms with Crippen molar-refractivity contribution < 1.29 is 18.3 Å². The van der Waals surface area contributed by atoms with Crippen LogP contribution >= 0.6 is 0 Å². The molecule has 1 aliphatic heterocycles. The molecule has 1 saturated heterocycles. The number of carbonyl (C=O) groups is 1. The molecule has 0 atom stereocenters. The zero-order valence-corrected chi connectivity index (χ0v) is 12.0. The molecule has 0 aliphatic carbocycles. The van der Waals surface area contributed by atoms with Crippen LogP contribution in [0.5, 0.6) is 0 Å². The minimum absolute atomic E-state index is 0.101. The lowest BCUT2D eigenvalue weighted by atomic mass is 10.1. The number of hydrogen-bond acceptors (Lipinski definition) is 5. The number of pyridine rings is 1. The van der Waals surface area contributed by atoms with Crippen LogP contribution in [0.4, 0.5) is 5.82 Å². The van der Waals surface area contributed by atoms with Crippen molar-refractivity contribution >= 4 is 32.4 Å². The highest BCUT2D eigenvalue weighted by atomic mass is 32.2. The number of aromatic nitrogens is 1. The molecule has 0 radical (unpaired) electrons. The van der Waals surface area contributed by atoms with E-state index in [2.05, 4.69) is 4.98 Å². The van der Waals surface area contributed by atoms with Gasteiger partial charge in [-0.25, -0.2) is 18.2 Å². The fraction of sp³-hybridized carbons (Fsp3) is 0.286. The van der Waals surface area contributed by atoms with Crippen molar-refractivity contribution in [2.75, 3.05) is 29.5 Å². The lowest BCUT2D eigenvalue weighted by Crippen LogP contribution is -2.40. The van der Waals surface area contributed by atoms with E-state index in [1.54, 1.807) is 12.1 Å². The molecule has 0 bridgehead atoms. The number of hydrogen-bond donors (Lipinski definition) is 1. The van der Waals surface area contributed by atoms with Crippen molar-refractivity contribution in [1.82, 2.24) is 4.98 Å². The number of rotatable bonds is 2. The monoisotopic (exact) mass is 306 g/mol. The van der Waals surface area contributed by atoms with Crippen LogP contribution in [0.2, 0.25) is 0 Å². The van der Waals surface area contributed by atoms with Crippen molar-refractivity contribution in [2.45, 2.75) is 0 Å². The van der Waals surface area contributed by atoms with Crippen LogP contribution in [-0.4, -0.2) is 49.1 Å². The molecule has 0 spiro atoms. The van der Waals surface area contributed by atoms with E-state index in [9.17, 15) is 18.3 Å². The second-order valence-electron chi connectivity index (χ2n) is 4.99. The molecular formula is C14H14N2O4S. The van der Waals surface area contributed by atoms with E-state index in [1.807, 2.05) is 17.0 Å². The summed E-state index contributed by atoms with van der Waals surface area (Å²) in [6.45, 7) is 0.761. The first-order valence-corrected chi connectivity index (χ1v) is 8.36. The summed E-state index contributed by atoms with van der Waals surface area (Å²) >= 11 is 0. The molecule has 0 unspecified atom stereocenters. The summed E-state index contributed by atoms with van der Waals surface area (Å²) in [6.07, 6.45) is 1.34. The fourth-order valence-electron chi connectivity index (χ4n) is 2.52. The van der Waals surface area contributed by atoms with Gasteiger partial charge in [0.2, 0.25) is 0 Å². The van der Waals surface area contributed by atoms with Gasteiger partial charge in [0.05, 0.1) is 17.1 Å². The molecule has 2 heterocycles. The predicted octanol–water partition coefficient (Wildman–Crippen LogP) is 1.17. The molecule has 7 heteroatoms. The maximum atomic E-state index is 11.5. The zero-order chi connectivity index (χ0) is 15.0. The van der Waals surface area contributed by atoms with Gasteiger partial charge in [0.25, 0.3) is 0 Å². The molecule has 0 saturated carbocycles. The van der Waals surface area contributed by atoms with Gasteiger partial charge in [0.15, 0.2) is 9.84 Å². The van der Waals surface area contributed by atoms with Gasteiger partial charge in [-0.3, -0.25) is 0 Å². The molecule has 110 valence electrons. The van der Waals surface area contributed by atoms with Crippen LogP contribution in [0.25, 0.3) is 10.8 Å². The fourth-order valence-corrected chi connectivity index (χ4v) is 3.73. The van der Waals surface area contributed by atoms with E-state index < -0.39 is 15.8 Å². The Hall–Kier alpha value is -2.15. The van der Waals surface area contributed by atoms with Gasteiger partial charge < -0.3 is 10.0 Å². The summed E-state index contributed by atoms with van der Waals surface area (Å²) in [4.78, 5) is 17.4. The third kappa shape index (κ3) is 2.56. The van der Waals surface area contributed by atoms with Gasteiger partial charge in [0.1, 0.15) is 5.82 Å². The Balaban J connectivity index is 2.08. The number of sulfone groups is 1. The first kappa shape index (κ1) is 13.8. The van der Waals surface area contributed by atoms with Gasteiger partial charge in [-0.2, -0.15) is 0 Å². The lowest BCUT2D eigenvalue weighted by Gasteiger charge is -2.28. The summed E-state index contributed by atoms with van der Waals surface area (Å²) in [6, 6.07) is 7.15. The minimum atomic E-state index is -2.96. The molecule has 1 N–H and O–H groups in total. The predicted molar refractivity (Wildman–Crippen MR) is 79.6 cm³/mol. The minimum Gasteiger partial charge on any atom is -0.478 e. The van der Waals surface area contributed by atoms with Crippen molar-refractivity contribution in [3.8, 4) is 0 Å². The number of nitrogens with zero attached hydrogens (tertiary/aromatic N) is 2. The largest absolute Gasteiger partial charge is 0.478 e. The number of carboxylic acids is 1. The Kier molecular flexibility index (Phi) is 3.29. The number of aromatic carboxylic acids is 1. The second-order valence-corrected chi connectivity index (χ2v) is 7.29. The second kappa shape index (κ2) is 5.00. The van der Waals surface area contributed by atoms with Crippen LogP contribution in [0.1, 0.15) is 10.4 Å². The molecule has 1 aromatic carbocycles. The highest BCUT2D eigenvalue weighted by molar-refractivity contribution is 7.91. The number of anilines is 1. The zero-order valence-electron chi connectivity index (χ0n) is 11.2. The first-order chi connectivity index (χ1) is 9.98. The third-order valence-corrected chi connectivity index (χ3v) is 5.26. The highest BCUT2D eigenvalue weighted by Crippen LogP contribution is 2.28. The van der Waals surface area contributed by atoms with E-state index in [0.717, 1.165) is 5.39 Å². The Morgan fingerprint density at radius 2 is 1.76 bits per heavy atom. The lowest BCUT2D eigenvalue weighted by molar-refractivity contribution is 0.0698. The summed E-state index contributed by atoms with van der Waals surface area (Å²) in [5.74, 6) is -0.176. The molecule has 1 aromatic heterocycles. The van der Waals surface area contributed by atoms with Gasteiger partial charge in [0, 0.05) is 30.1 Å². The van der Waals surface area contributed by atoms with Crippen LogP contribution in [0.3, 0.4) is 0 Å². The number of fused-ring (bicyclic) bond motifs is 1. The summed E-state index contributed by atoms with van der Waals surface area (Å²) in [5, 5.41) is 10.6. The molecule has 2 aromatic rings. The highest BCUT2D eigenvalue weighted by Gasteiger charge is 2.24. The Bertz CT molecular complexity index is 803. The summed E-state index contributed by atoms with van der Waals surface area (Å²) < 4.78 is 23.0. The van der Waals surface area contributed by atoms with Gasteiger partial charge >= 0.3 is 5.97 Å². The number of benzene rings is 1. The SMILES string of the molecule is O=C(O)c1cnc(N2CCS(=O)(=O)CC2)c2ccccc12. The normalized spacial score (nSPS) is 17.8. The van der Waals surface area contributed by atoms with E-state index in [-0.39, 0.29) is 17.1 Å². The smallest absolute Gasteiger partial charge is 0.337 e. The third-order valence-electron chi connectivity index (χ3n) is 3.65. The summed E-state index contributed by atoms with van der Waals surface area (Å²) in [7, 11) is -2.96. The molecule has 1 aliphatic rings. The van der Waals surface area contributed by atoms with Gasteiger partial charge in [-0.05, 0) is 0 Å². The Morgan fingerprint density at radius 1 is 1.14 bits per heavy atom. The van der Waals surface area contributed by atoms with Crippen LogP contribution in [0.15, 0.2) is 30.5 Å². The van der Waals surface area contributed by atoms with Crippen LogP contribution in [0, 0.1) is 0 Å². The number of carboxylic acid groups (broad SMARTS) is 1. The molecular weight excluding hydrogens is 292 g/mol. The van der Waals surface area contributed by atoms with Crippen LogP contribution in [-0.2, 0) is 9.84 Å². The average Bonchev–Trinajstić information content (AvgIpc) is 2.46.